The van der Waals surface area contributed by atoms with Crippen molar-refractivity contribution in [2.45, 2.75) is 6.92 Å². The van der Waals surface area contributed by atoms with E-state index in [9.17, 15) is 0 Å². The highest BCUT2D eigenvalue weighted by Crippen LogP contribution is 2.04. The Kier molecular flexibility index (Phi) is 1.44. The van der Waals surface area contributed by atoms with E-state index < -0.39 is 0 Å². The van der Waals surface area contributed by atoms with Crippen molar-refractivity contribution in [3.8, 4) is 0 Å². The lowest BCUT2D eigenvalue weighted by molar-refractivity contribution is 0.871. The first kappa shape index (κ1) is 5.51. The fourth-order valence-corrected chi connectivity index (χ4v) is 0.823. The molecule has 0 aromatic heterocycles. The van der Waals surface area contributed by atoms with Gasteiger partial charge in [0.05, 0.1) is 0 Å². The van der Waals surface area contributed by atoms with Crippen LogP contribution < -0.4 is 5.32 Å². The van der Waals surface area contributed by atoms with Crippen molar-refractivity contribution >= 4 is 6.21 Å². The van der Waals surface area contributed by atoms with Crippen molar-refractivity contribution in [3.05, 3.63) is 11.1 Å². The molecule has 8 heavy (non-hydrogen) atoms. The van der Waals surface area contributed by atoms with E-state index in [1.165, 1.54) is 11.8 Å². The summed E-state index contributed by atoms with van der Waals surface area (Å²) in [6.07, 6.45) is 1.43. The fourth-order valence-electron chi connectivity index (χ4n) is 0.823. The molecule has 1 aliphatic rings. The Hall–Kier alpha value is -0.630. The van der Waals surface area contributed by atoms with Gasteiger partial charge in [0.15, 0.2) is 0 Å². The summed E-state index contributed by atoms with van der Waals surface area (Å²) in [6.45, 7) is 3.90. The zero-order valence-corrected chi connectivity index (χ0v) is 4.99. The number of nitrogens with one attached hydrogen (secondary N) is 2. The van der Waals surface area contributed by atoms with Gasteiger partial charge in [-0.2, -0.15) is 0 Å². The van der Waals surface area contributed by atoms with Crippen LogP contribution in [0.1, 0.15) is 6.92 Å². The minimum Gasteiger partial charge on any atom is -0.309 e. The minimum absolute atomic E-state index is 0.884. The second-order valence-electron chi connectivity index (χ2n) is 2.05. The van der Waals surface area contributed by atoms with E-state index in [2.05, 4.69) is 12.2 Å². The third kappa shape index (κ3) is 0.793. The maximum absolute atomic E-state index is 6.91. The molecule has 0 atom stereocenters. The van der Waals surface area contributed by atoms with E-state index in [4.69, 9.17) is 5.41 Å². The summed E-state index contributed by atoms with van der Waals surface area (Å²) in [5.41, 5.74) is 2.45. The lowest BCUT2D eigenvalue weighted by Gasteiger charge is -1.87. The highest BCUT2D eigenvalue weighted by molar-refractivity contribution is 5.78. The van der Waals surface area contributed by atoms with Crippen LogP contribution in [0.4, 0.5) is 0 Å². The quantitative estimate of drug-likeness (QED) is 0.475. The van der Waals surface area contributed by atoms with Crippen LogP contribution in [-0.4, -0.2) is 19.3 Å². The molecule has 0 aliphatic carbocycles. The van der Waals surface area contributed by atoms with Gasteiger partial charge in [0.2, 0.25) is 0 Å². The van der Waals surface area contributed by atoms with Crippen LogP contribution in [0.2, 0.25) is 0 Å². The number of rotatable bonds is 1. The first-order chi connectivity index (χ1) is 3.84. The molecule has 0 spiro atoms. The zero-order chi connectivity index (χ0) is 5.98. The van der Waals surface area contributed by atoms with Crippen molar-refractivity contribution in [1.29, 1.82) is 5.41 Å². The molecule has 0 bridgehead atoms. The van der Waals surface area contributed by atoms with E-state index in [1.807, 2.05) is 0 Å². The minimum atomic E-state index is 0.884. The van der Waals surface area contributed by atoms with Crippen LogP contribution in [-0.2, 0) is 0 Å². The summed E-state index contributed by atoms with van der Waals surface area (Å²) >= 11 is 0. The molecule has 1 rings (SSSR count). The van der Waals surface area contributed by atoms with Gasteiger partial charge in [-0.25, -0.2) is 0 Å². The highest BCUT2D eigenvalue weighted by atomic mass is 14.9. The molecule has 0 aromatic carbocycles. The SMILES string of the molecule is CC1=C(C=N)CNC1. The van der Waals surface area contributed by atoms with Gasteiger partial charge < -0.3 is 10.7 Å². The molecule has 2 nitrogen and oxygen atoms in total. The lowest BCUT2D eigenvalue weighted by Crippen LogP contribution is -2.08. The molecular weight excluding hydrogens is 100 g/mol. The molecule has 1 aliphatic heterocycles. The first-order valence-electron chi connectivity index (χ1n) is 2.74. The van der Waals surface area contributed by atoms with E-state index in [0.29, 0.717) is 0 Å². The molecule has 0 saturated carbocycles. The Labute approximate surface area is 49.1 Å². The molecule has 2 heteroatoms. The zero-order valence-electron chi connectivity index (χ0n) is 4.99. The van der Waals surface area contributed by atoms with Crippen molar-refractivity contribution in [2.24, 2.45) is 0 Å². The van der Waals surface area contributed by atoms with E-state index in [-0.39, 0.29) is 0 Å². The molecule has 0 radical (unpaired) electrons. The number of hydrogen-bond donors (Lipinski definition) is 2. The van der Waals surface area contributed by atoms with Crippen molar-refractivity contribution in [3.63, 3.8) is 0 Å². The molecule has 0 amide bonds. The molecule has 2 N–H and O–H groups in total. The molecule has 0 aromatic rings. The van der Waals surface area contributed by atoms with Crippen LogP contribution in [0.5, 0.6) is 0 Å². The van der Waals surface area contributed by atoms with E-state index in [1.54, 1.807) is 0 Å². The van der Waals surface area contributed by atoms with E-state index in [0.717, 1.165) is 18.7 Å². The summed E-state index contributed by atoms with van der Waals surface area (Å²) in [5, 5.41) is 10.1. The van der Waals surface area contributed by atoms with Crippen LogP contribution >= 0.6 is 0 Å². The Balaban J connectivity index is 2.72. The predicted molar refractivity (Wildman–Crippen MR) is 34.4 cm³/mol. The molecule has 0 fully saturated rings. The third-order valence-electron chi connectivity index (χ3n) is 1.43. The molecule has 1 heterocycles. The smallest absolute Gasteiger partial charge is 0.0223 e. The van der Waals surface area contributed by atoms with Gasteiger partial charge in [0.1, 0.15) is 0 Å². The van der Waals surface area contributed by atoms with Gasteiger partial charge in [-0.1, -0.05) is 5.57 Å². The van der Waals surface area contributed by atoms with Crippen LogP contribution in [0.15, 0.2) is 11.1 Å². The van der Waals surface area contributed by atoms with Gasteiger partial charge in [-0.15, -0.1) is 0 Å². The summed E-state index contributed by atoms with van der Waals surface area (Å²) in [4.78, 5) is 0. The second kappa shape index (κ2) is 2.09. The maximum Gasteiger partial charge on any atom is 0.0223 e. The Morgan fingerprint density at radius 3 is 2.62 bits per heavy atom. The predicted octanol–water partition coefficient (Wildman–Crippen LogP) is 0.556. The van der Waals surface area contributed by atoms with Gasteiger partial charge in [0, 0.05) is 19.3 Å². The highest BCUT2D eigenvalue weighted by Gasteiger charge is 2.05. The largest absolute Gasteiger partial charge is 0.309 e. The Morgan fingerprint density at radius 1 is 1.62 bits per heavy atom. The summed E-state index contributed by atoms with van der Waals surface area (Å²) < 4.78 is 0. The van der Waals surface area contributed by atoms with E-state index >= 15 is 0 Å². The van der Waals surface area contributed by atoms with Crippen molar-refractivity contribution in [2.75, 3.05) is 13.1 Å². The van der Waals surface area contributed by atoms with Gasteiger partial charge >= 0.3 is 0 Å². The van der Waals surface area contributed by atoms with Crippen LogP contribution in [0, 0.1) is 5.41 Å². The monoisotopic (exact) mass is 110 g/mol. The average molecular weight is 110 g/mol. The third-order valence-corrected chi connectivity index (χ3v) is 1.43. The molecule has 0 saturated heterocycles. The van der Waals surface area contributed by atoms with Gasteiger partial charge in [-0.3, -0.25) is 0 Å². The Morgan fingerprint density at radius 2 is 2.38 bits per heavy atom. The topological polar surface area (TPSA) is 35.9 Å². The van der Waals surface area contributed by atoms with Crippen LogP contribution in [0.25, 0.3) is 0 Å². The van der Waals surface area contributed by atoms with Crippen molar-refractivity contribution < 1.29 is 0 Å². The fraction of sp³-hybridized carbons (Fsp3) is 0.500. The van der Waals surface area contributed by atoms with Crippen LogP contribution in [0.3, 0.4) is 0 Å². The maximum atomic E-state index is 6.91. The summed E-state index contributed by atoms with van der Waals surface area (Å²) in [6, 6.07) is 0. The molecule has 44 valence electrons. The standard InChI is InChI=1S/C6H10N2/c1-5-3-8-4-6(5)2-7/h2,7-8H,3-4H2,1H3. The van der Waals surface area contributed by atoms with Gasteiger partial charge in [-0.05, 0) is 12.5 Å². The average Bonchev–Trinajstić information content (AvgIpc) is 2.14. The Bertz CT molecular complexity index is 135. The summed E-state index contributed by atoms with van der Waals surface area (Å²) in [7, 11) is 0. The normalized spacial score (nSPS) is 19.6. The first-order valence-corrected chi connectivity index (χ1v) is 2.74. The molecule has 0 unspecified atom stereocenters. The second-order valence-corrected chi connectivity index (χ2v) is 2.05. The molecular formula is C6H10N2. The van der Waals surface area contributed by atoms with Gasteiger partial charge in [0.25, 0.3) is 0 Å². The van der Waals surface area contributed by atoms with Crippen molar-refractivity contribution in [1.82, 2.24) is 5.32 Å². The number of hydrogen-bond acceptors (Lipinski definition) is 2. The lowest BCUT2D eigenvalue weighted by atomic mass is 10.2. The summed E-state index contributed by atoms with van der Waals surface area (Å²) in [5.74, 6) is 0.